The number of nitrogens with zero attached hydrogens (tertiary/aromatic N) is 2. The Bertz CT molecular complexity index is 418. The molecular formula is C15H24N2O2. The van der Waals surface area contributed by atoms with Crippen LogP contribution >= 0.6 is 0 Å². The molecule has 2 heterocycles. The van der Waals surface area contributed by atoms with Crippen LogP contribution in [0.3, 0.4) is 0 Å². The molecule has 1 fully saturated rings. The van der Waals surface area contributed by atoms with Crippen molar-refractivity contribution >= 4 is 5.78 Å². The summed E-state index contributed by atoms with van der Waals surface area (Å²) in [6.45, 7) is 8.42. The van der Waals surface area contributed by atoms with Crippen molar-refractivity contribution in [2.24, 2.45) is 5.92 Å². The van der Waals surface area contributed by atoms with Crippen molar-refractivity contribution in [2.45, 2.75) is 52.5 Å². The Balaban J connectivity index is 1.82. The van der Waals surface area contributed by atoms with Crippen molar-refractivity contribution in [1.82, 2.24) is 9.88 Å². The van der Waals surface area contributed by atoms with Gasteiger partial charge < -0.3 is 9.32 Å². The summed E-state index contributed by atoms with van der Waals surface area (Å²) >= 11 is 0. The van der Waals surface area contributed by atoms with E-state index in [0.717, 1.165) is 12.3 Å². The molecule has 0 N–H and O–H groups in total. The molecule has 1 aromatic heterocycles. The van der Waals surface area contributed by atoms with Crippen LogP contribution in [0.2, 0.25) is 0 Å². The topological polar surface area (TPSA) is 46.3 Å². The molecule has 1 saturated heterocycles. The summed E-state index contributed by atoms with van der Waals surface area (Å²) in [5, 5.41) is 0. The second-order valence-corrected chi connectivity index (χ2v) is 5.88. The second-order valence-electron chi connectivity index (χ2n) is 5.88. The summed E-state index contributed by atoms with van der Waals surface area (Å²) in [4.78, 5) is 17.8. The maximum absolute atomic E-state index is 11.0. The summed E-state index contributed by atoms with van der Waals surface area (Å²) in [6, 6.07) is 0.643. The van der Waals surface area contributed by atoms with Gasteiger partial charge in [0.15, 0.2) is 5.89 Å². The molecule has 4 heteroatoms. The van der Waals surface area contributed by atoms with E-state index in [1.165, 1.54) is 25.9 Å². The van der Waals surface area contributed by atoms with Gasteiger partial charge in [-0.1, -0.05) is 0 Å². The number of hydrogen-bond donors (Lipinski definition) is 0. The summed E-state index contributed by atoms with van der Waals surface area (Å²) in [6.07, 6.45) is 5.38. The summed E-state index contributed by atoms with van der Waals surface area (Å²) in [5.41, 5.74) is 0. The third-order valence-corrected chi connectivity index (χ3v) is 3.87. The molecule has 1 aliphatic heterocycles. The monoisotopic (exact) mass is 264 g/mol. The molecular weight excluding hydrogens is 240 g/mol. The van der Waals surface area contributed by atoms with E-state index in [-0.39, 0.29) is 5.78 Å². The second kappa shape index (κ2) is 6.33. The number of hydrogen-bond acceptors (Lipinski definition) is 4. The Hall–Kier alpha value is -1.16. The van der Waals surface area contributed by atoms with Crippen molar-refractivity contribution in [3.63, 3.8) is 0 Å². The van der Waals surface area contributed by atoms with E-state index in [0.29, 0.717) is 24.1 Å². The first-order valence-corrected chi connectivity index (χ1v) is 7.21. The van der Waals surface area contributed by atoms with Gasteiger partial charge in [-0.25, -0.2) is 4.98 Å². The SMILES string of the molecule is CC(=O)Cc1cnc(CC2CCN(C(C)C)CC2)o1. The summed E-state index contributed by atoms with van der Waals surface area (Å²) in [7, 11) is 0. The Labute approximate surface area is 115 Å². The van der Waals surface area contributed by atoms with Crippen LogP contribution in [0.25, 0.3) is 0 Å². The average Bonchev–Trinajstić information content (AvgIpc) is 2.76. The smallest absolute Gasteiger partial charge is 0.194 e. The Morgan fingerprint density at radius 2 is 2.16 bits per heavy atom. The largest absolute Gasteiger partial charge is 0.445 e. The maximum atomic E-state index is 11.0. The molecule has 0 bridgehead atoms. The number of carbonyl (C=O) groups excluding carboxylic acids is 1. The fourth-order valence-electron chi connectivity index (χ4n) is 2.69. The van der Waals surface area contributed by atoms with Crippen molar-refractivity contribution in [2.75, 3.05) is 13.1 Å². The van der Waals surface area contributed by atoms with E-state index in [9.17, 15) is 4.79 Å². The van der Waals surface area contributed by atoms with Crippen LogP contribution in [0.15, 0.2) is 10.6 Å². The van der Waals surface area contributed by atoms with Crippen LogP contribution in [0.4, 0.5) is 0 Å². The molecule has 0 aromatic carbocycles. The first-order chi connectivity index (χ1) is 9.04. The molecule has 1 aliphatic rings. The summed E-state index contributed by atoms with van der Waals surface area (Å²) in [5.74, 6) is 2.27. The van der Waals surface area contributed by atoms with Crippen LogP contribution in [-0.2, 0) is 17.6 Å². The highest BCUT2D eigenvalue weighted by Crippen LogP contribution is 2.22. The molecule has 4 nitrogen and oxygen atoms in total. The molecule has 0 saturated carbocycles. The molecule has 0 spiro atoms. The van der Waals surface area contributed by atoms with Crippen LogP contribution < -0.4 is 0 Å². The number of oxazole rings is 1. The fourth-order valence-corrected chi connectivity index (χ4v) is 2.69. The molecule has 0 aliphatic carbocycles. The quantitative estimate of drug-likeness (QED) is 0.819. The van der Waals surface area contributed by atoms with Crippen LogP contribution in [0.1, 0.15) is 45.3 Å². The number of rotatable bonds is 5. The number of aromatic nitrogens is 1. The van der Waals surface area contributed by atoms with E-state index in [1.807, 2.05) is 0 Å². The Kier molecular flexibility index (Phi) is 4.75. The lowest BCUT2D eigenvalue weighted by atomic mass is 9.93. The number of carbonyl (C=O) groups is 1. The zero-order valence-corrected chi connectivity index (χ0v) is 12.2. The zero-order chi connectivity index (χ0) is 13.8. The molecule has 0 radical (unpaired) electrons. The van der Waals surface area contributed by atoms with Crippen molar-refractivity contribution in [3.8, 4) is 0 Å². The van der Waals surface area contributed by atoms with Gasteiger partial charge in [-0.15, -0.1) is 0 Å². The van der Waals surface area contributed by atoms with E-state index >= 15 is 0 Å². The fraction of sp³-hybridized carbons (Fsp3) is 0.733. The molecule has 0 unspecified atom stereocenters. The molecule has 1 aromatic rings. The first kappa shape index (κ1) is 14.3. The van der Waals surface area contributed by atoms with Gasteiger partial charge in [0.05, 0.1) is 12.6 Å². The van der Waals surface area contributed by atoms with Gasteiger partial charge in [-0.2, -0.15) is 0 Å². The van der Waals surface area contributed by atoms with E-state index in [2.05, 4.69) is 23.7 Å². The predicted molar refractivity (Wildman–Crippen MR) is 74.0 cm³/mol. The van der Waals surface area contributed by atoms with Gasteiger partial charge in [-0.05, 0) is 52.6 Å². The lowest BCUT2D eigenvalue weighted by molar-refractivity contribution is -0.116. The Morgan fingerprint density at radius 3 is 2.74 bits per heavy atom. The van der Waals surface area contributed by atoms with Crippen LogP contribution in [-0.4, -0.2) is 34.8 Å². The van der Waals surface area contributed by atoms with Crippen LogP contribution in [0, 0.1) is 5.92 Å². The minimum atomic E-state index is 0.118. The zero-order valence-electron chi connectivity index (χ0n) is 12.2. The third-order valence-electron chi connectivity index (χ3n) is 3.87. The van der Waals surface area contributed by atoms with Crippen molar-refractivity contribution < 1.29 is 9.21 Å². The highest BCUT2D eigenvalue weighted by molar-refractivity contribution is 5.77. The molecule has 19 heavy (non-hydrogen) atoms. The van der Waals surface area contributed by atoms with Crippen molar-refractivity contribution in [1.29, 1.82) is 0 Å². The predicted octanol–water partition coefficient (Wildman–Crippen LogP) is 2.47. The highest BCUT2D eigenvalue weighted by Gasteiger charge is 2.22. The average molecular weight is 264 g/mol. The van der Waals surface area contributed by atoms with Gasteiger partial charge in [0.2, 0.25) is 0 Å². The van der Waals surface area contributed by atoms with Gasteiger partial charge in [-0.3, -0.25) is 4.79 Å². The van der Waals surface area contributed by atoms with E-state index in [1.54, 1.807) is 13.1 Å². The molecule has 2 rings (SSSR count). The van der Waals surface area contributed by atoms with Gasteiger partial charge in [0.25, 0.3) is 0 Å². The molecule has 0 amide bonds. The van der Waals surface area contributed by atoms with E-state index in [4.69, 9.17) is 4.42 Å². The molecule has 0 atom stereocenters. The standard InChI is InChI=1S/C15H24N2O2/c1-11(2)17-6-4-13(5-7-17)9-15-16-10-14(19-15)8-12(3)18/h10-11,13H,4-9H2,1-3H3. The first-order valence-electron chi connectivity index (χ1n) is 7.21. The number of piperidine rings is 1. The number of Topliss-reactive ketones (excluding diaryl/α,β-unsaturated/α-hetero) is 1. The lowest BCUT2D eigenvalue weighted by Crippen LogP contribution is -2.38. The highest BCUT2D eigenvalue weighted by atomic mass is 16.4. The van der Waals surface area contributed by atoms with E-state index < -0.39 is 0 Å². The Morgan fingerprint density at radius 1 is 1.47 bits per heavy atom. The van der Waals surface area contributed by atoms with Gasteiger partial charge in [0.1, 0.15) is 11.5 Å². The minimum absolute atomic E-state index is 0.118. The number of likely N-dealkylation sites (tertiary alicyclic amines) is 1. The molecule has 106 valence electrons. The maximum Gasteiger partial charge on any atom is 0.194 e. The number of ketones is 1. The van der Waals surface area contributed by atoms with Gasteiger partial charge >= 0.3 is 0 Å². The van der Waals surface area contributed by atoms with Gasteiger partial charge in [0, 0.05) is 12.5 Å². The minimum Gasteiger partial charge on any atom is -0.445 e. The van der Waals surface area contributed by atoms with Crippen LogP contribution in [0.5, 0.6) is 0 Å². The summed E-state index contributed by atoms with van der Waals surface area (Å²) < 4.78 is 5.63. The normalized spacial score (nSPS) is 18.1. The lowest BCUT2D eigenvalue weighted by Gasteiger charge is -2.34. The third kappa shape index (κ3) is 4.16. The van der Waals surface area contributed by atoms with Crippen molar-refractivity contribution in [3.05, 3.63) is 17.8 Å².